The lowest BCUT2D eigenvalue weighted by atomic mass is 9.86. The number of aliphatic carboxylic acids is 1. The molecule has 1 heterocycles. The molecule has 1 unspecified atom stereocenters. The Morgan fingerprint density at radius 2 is 1.87 bits per heavy atom. The van der Waals surface area contributed by atoms with E-state index in [-0.39, 0.29) is 24.1 Å². The molecule has 7 nitrogen and oxygen atoms in total. The van der Waals surface area contributed by atoms with Crippen molar-refractivity contribution in [1.29, 1.82) is 0 Å². The van der Waals surface area contributed by atoms with Gasteiger partial charge in [0.2, 0.25) is 11.4 Å². The number of carboxylic acid groups (broad SMARTS) is 1. The predicted octanol–water partition coefficient (Wildman–Crippen LogP) is 2.10. The Balaban J connectivity index is 1.94. The van der Waals surface area contributed by atoms with Gasteiger partial charge in [0.1, 0.15) is 12.4 Å². The highest BCUT2D eigenvalue weighted by Gasteiger charge is 2.56. The zero-order valence-electron chi connectivity index (χ0n) is 16.6. The lowest BCUT2D eigenvalue weighted by Gasteiger charge is -2.27. The topological polar surface area (TPSA) is 104 Å². The Bertz CT molecular complexity index is 1050. The summed E-state index contributed by atoms with van der Waals surface area (Å²) in [6, 6.07) is 10.9. The number of halogens is 1. The van der Waals surface area contributed by atoms with Crippen molar-refractivity contribution < 1.29 is 28.7 Å². The minimum atomic E-state index is -2.01. The Kier molecular flexibility index (Phi) is 5.69. The molecule has 0 saturated heterocycles. The van der Waals surface area contributed by atoms with Crippen molar-refractivity contribution in [3.05, 3.63) is 65.0 Å². The van der Waals surface area contributed by atoms with Crippen LogP contribution in [0.2, 0.25) is 0 Å². The largest absolute Gasteiger partial charge is 0.480 e. The number of aryl methyl sites for hydroxylation is 2. The normalized spacial score (nSPS) is 17.6. The van der Waals surface area contributed by atoms with Gasteiger partial charge in [-0.05, 0) is 38.0 Å². The molecule has 0 radical (unpaired) electrons. The zero-order valence-corrected chi connectivity index (χ0v) is 16.6. The zero-order chi connectivity index (χ0) is 22.1. The number of ketones is 1. The smallest absolute Gasteiger partial charge is 0.323 e. The number of carboxylic acids is 1. The van der Waals surface area contributed by atoms with Crippen LogP contribution < -0.4 is 10.2 Å². The molecular weight excluding hydrogens is 391 g/mol. The number of benzene rings is 2. The summed E-state index contributed by atoms with van der Waals surface area (Å²) >= 11 is 0. The number of Topliss-reactive ketones (excluding diaryl/α,β-unsaturated/α-hetero) is 1. The van der Waals surface area contributed by atoms with Crippen molar-refractivity contribution >= 4 is 29.3 Å². The lowest BCUT2D eigenvalue weighted by molar-refractivity contribution is -0.141. The molecule has 1 aliphatic heterocycles. The third kappa shape index (κ3) is 3.68. The first-order valence-electron chi connectivity index (χ1n) is 9.37. The average Bonchev–Trinajstić information content (AvgIpc) is 2.90. The highest BCUT2D eigenvalue weighted by atomic mass is 19.1. The van der Waals surface area contributed by atoms with Gasteiger partial charge in [-0.2, -0.15) is 0 Å². The van der Waals surface area contributed by atoms with Gasteiger partial charge in [0.05, 0.1) is 5.69 Å². The number of rotatable bonds is 7. The quantitative estimate of drug-likeness (QED) is 0.678. The van der Waals surface area contributed by atoms with Gasteiger partial charge in [-0.15, -0.1) is 0 Å². The standard InChI is InChI=1S/C22H21FN2O5/c1-13-7-9-18-16(11-13)22(14(2)26,21(30)25(18)12-20(28)29)24-19(27)10-8-15-5-3-4-6-17(15)23/h3-7,9,11H,8,10,12H2,1-2H3,(H,24,27)(H,28,29). The van der Waals surface area contributed by atoms with E-state index in [1.54, 1.807) is 37.3 Å². The van der Waals surface area contributed by atoms with Crippen LogP contribution >= 0.6 is 0 Å². The number of hydrogen-bond acceptors (Lipinski definition) is 4. The number of nitrogens with one attached hydrogen (secondary N) is 1. The van der Waals surface area contributed by atoms with E-state index >= 15 is 0 Å². The number of carbonyl (C=O) groups is 4. The van der Waals surface area contributed by atoms with E-state index in [1.807, 2.05) is 0 Å². The summed E-state index contributed by atoms with van der Waals surface area (Å²) < 4.78 is 13.8. The van der Waals surface area contributed by atoms with Crippen LogP contribution in [0.25, 0.3) is 0 Å². The number of hydrogen-bond donors (Lipinski definition) is 2. The molecular formula is C22H21FN2O5. The fourth-order valence-corrected chi connectivity index (χ4v) is 3.67. The Labute approximate surface area is 172 Å². The van der Waals surface area contributed by atoms with Crippen LogP contribution in [-0.2, 0) is 31.1 Å². The van der Waals surface area contributed by atoms with Gasteiger partial charge in [-0.1, -0.05) is 35.9 Å². The van der Waals surface area contributed by atoms with Gasteiger partial charge in [-0.25, -0.2) is 4.39 Å². The maximum Gasteiger partial charge on any atom is 0.323 e. The molecule has 3 rings (SSSR count). The molecule has 0 fully saturated rings. The third-order valence-corrected chi connectivity index (χ3v) is 5.14. The first-order valence-corrected chi connectivity index (χ1v) is 9.37. The van der Waals surface area contributed by atoms with Crippen LogP contribution in [0.3, 0.4) is 0 Å². The minimum absolute atomic E-state index is 0.0835. The van der Waals surface area contributed by atoms with Gasteiger partial charge >= 0.3 is 5.97 Å². The molecule has 0 aliphatic carbocycles. The van der Waals surface area contributed by atoms with E-state index in [2.05, 4.69) is 5.32 Å². The summed E-state index contributed by atoms with van der Waals surface area (Å²) in [5, 5.41) is 11.7. The molecule has 156 valence electrons. The molecule has 2 aromatic carbocycles. The van der Waals surface area contributed by atoms with Gasteiger partial charge in [0, 0.05) is 12.0 Å². The van der Waals surface area contributed by atoms with Gasteiger partial charge in [0.25, 0.3) is 5.91 Å². The second kappa shape index (κ2) is 8.06. The van der Waals surface area contributed by atoms with Crippen LogP contribution in [0, 0.1) is 12.7 Å². The Hall–Kier alpha value is -3.55. The van der Waals surface area contributed by atoms with Crippen LogP contribution in [-0.4, -0.2) is 35.2 Å². The maximum atomic E-state index is 13.8. The van der Waals surface area contributed by atoms with E-state index in [0.717, 1.165) is 10.5 Å². The van der Waals surface area contributed by atoms with Crippen molar-refractivity contribution in [2.75, 3.05) is 11.4 Å². The van der Waals surface area contributed by atoms with E-state index in [4.69, 9.17) is 0 Å². The van der Waals surface area contributed by atoms with Gasteiger partial charge in [-0.3, -0.25) is 24.1 Å². The van der Waals surface area contributed by atoms with Crippen molar-refractivity contribution in [1.82, 2.24) is 5.32 Å². The summed E-state index contributed by atoms with van der Waals surface area (Å²) in [4.78, 5) is 50.8. The van der Waals surface area contributed by atoms with Crippen molar-refractivity contribution in [2.24, 2.45) is 0 Å². The summed E-state index contributed by atoms with van der Waals surface area (Å²) in [6.45, 7) is 2.29. The Morgan fingerprint density at radius 3 is 2.50 bits per heavy atom. The molecule has 0 aromatic heterocycles. The Morgan fingerprint density at radius 1 is 1.17 bits per heavy atom. The predicted molar refractivity (Wildman–Crippen MR) is 106 cm³/mol. The van der Waals surface area contributed by atoms with E-state index in [0.29, 0.717) is 5.56 Å². The number of carbonyl (C=O) groups excluding carboxylic acids is 3. The fraction of sp³-hybridized carbons (Fsp3) is 0.273. The summed E-state index contributed by atoms with van der Waals surface area (Å²) in [7, 11) is 0. The number of anilines is 1. The number of nitrogens with zero attached hydrogens (tertiary/aromatic N) is 1. The molecule has 8 heteroatoms. The molecule has 0 spiro atoms. The summed E-state index contributed by atoms with van der Waals surface area (Å²) in [5.41, 5.74) is -0.433. The van der Waals surface area contributed by atoms with Gasteiger partial charge in [0.15, 0.2) is 5.78 Å². The highest BCUT2D eigenvalue weighted by molar-refractivity contribution is 6.23. The van der Waals surface area contributed by atoms with E-state index < -0.39 is 41.5 Å². The van der Waals surface area contributed by atoms with E-state index in [9.17, 15) is 28.7 Å². The lowest BCUT2D eigenvalue weighted by Crippen LogP contribution is -2.58. The minimum Gasteiger partial charge on any atom is -0.480 e. The number of fused-ring (bicyclic) bond motifs is 1. The van der Waals surface area contributed by atoms with Crippen LogP contribution in [0.1, 0.15) is 30.0 Å². The van der Waals surface area contributed by atoms with Crippen LogP contribution in [0.5, 0.6) is 0 Å². The molecule has 2 aromatic rings. The second-order valence-corrected chi connectivity index (χ2v) is 7.25. The molecule has 2 amide bonds. The third-order valence-electron chi connectivity index (χ3n) is 5.14. The van der Waals surface area contributed by atoms with Crippen molar-refractivity contribution in [3.8, 4) is 0 Å². The number of amides is 2. The van der Waals surface area contributed by atoms with Crippen LogP contribution in [0.15, 0.2) is 42.5 Å². The molecule has 0 bridgehead atoms. The fourth-order valence-electron chi connectivity index (χ4n) is 3.67. The first-order chi connectivity index (χ1) is 14.2. The monoisotopic (exact) mass is 412 g/mol. The molecule has 30 heavy (non-hydrogen) atoms. The SMILES string of the molecule is CC(=O)C1(NC(=O)CCc2ccccc2F)C(=O)N(CC(=O)O)c2ccc(C)cc21. The van der Waals surface area contributed by atoms with Crippen molar-refractivity contribution in [3.63, 3.8) is 0 Å². The molecule has 2 N–H and O–H groups in total. The van der Waals surface area contributed by atoms with E-state index in [1.165, 1.54) is 19.1 Å². The average molecular weight is 412 g/mol. The van der Waals surface area contributed by atoms with Crippen LogP contribution in [0.4, 0.5) is 10.1 Å². The molecule has 0 saturated carbocycles. The molecule has 1 aliphatic rings. The second-order valence-electron chi connectivity index (χ2n) is 7.25. The first kappa shape index (κ1) is 21.2. The maximum absolute atomic E-state index is 13.8. The molecule has 1 atom stereocenters. The van der Waals surface area contributed by atoms with Gasteiger partial charge < -0.3 is 10.4 Å². The summed E-state index contributed by atoms with van der Waals surface area (Å²) in [6.07, 6.45) is -0.0660. The highest BCUT2D eigenvalue weighted by Crippen LogP contribution is 2.41. The van der Waals surface area contributed by atoms with Crippen molar-refractivity contribution in [2.45, 2.75) is 32.2 Å². The summed E-state index contributed by atoms with van der Waals surface area (Å²) in [5.74, 6) is -3.77.